The van der Waals surface area contributed by atoms with E-state index in [9.17, 15) is 0 Å². The Hall–Kier alpha value is -8.20. The molecule has 2 nitrogen and oxygen atoms in total. The first-order valence-electron chi connectivity index (χ1n) is 24.3. The highest BCUT2D eigenvalue weighted by molar-refractivity contribution is 5.92. The number of anilines is 4. The molecule has 0 spiro atoms. The van der Waals surface area contributed by atoms with Crippen molar-refractivity contribution in [3.63, 3.8) is 0 Å². The van der Waals surface area contributed by atoms with Gasteiger partial charge in [-0.05, 0) is 149 Å². The summed E-state index contributed by atoms with van der Waals surface area (Å²) in [5, 5.41) is 0. The summed E-state index contributed by atoms with van der Waals surface area (Å²) >= 11 is 0. The molecule has 0 amide bonds. The van der Waals surface area contributed by atoms with E-state index < -0.39 is 0 Å². The van der Waals surface area contributed by atoms with Crippen molar-refractivity contribution in [3.8, 4) is 0 Å². The first-order chi connectivity index (χ1) is 33.9. The molecule has 0 aromatic heterocycles. The SMILES string of the molecule is Cc1ccc(N(C2=CC(C)C(c3ccc(N(c4ccc(C)cc4)c4ccc(C=C(c5ccccc5)c5ccccc5)cc4)cc3)C=C2)C2=CC=C(C=C(c3ccccc3)c3ccccc3)CC2)cc1. The van der Waals surface area contributed by atoms with Crippen molar-refractivity contribution in [1.29, 1.82) is 0 Å². The minimum absolute atomic E-state index is 0.247. The molecule has 0 heterocycles. The van der Waals surface area contributed by atoms with Crippen LogP contribution in [0.4, 0.5) is 22.7 Å². The van der Waals surface area contributed by atoms with E-state index in [0.29, 0.717) is 0 Å². The highest BCUT2D eigenvalue weighted by Crippen LogP contribution is 2.41. The lowest BCUT2D eigenvalue weighted by Gasteiger charge is -2.34. The molecule has 336 valence electrons. The van der Waals surface area contributed by atoms with E-state index >= 15 is 0 Å². The van der Waals surface area contributed by atoms with Gasteiger partial charge in [-0.25, -0.2) is 0 Å². The van der Waals surface area contributed by atoms with Crippen LogP contribution in [0.2, 0.25) is 0 Å². The van der Waals surface area contributed by atoms with Crippen LogP contribution < -0.4 is 9.80 Å². The molecule has 0 aliphatic heterocycles. The molecule has 0 radical (unpaired) electrons. The topological polar surface area (TPSA) is 6.48 Å². The van der Waals surface area contributed by atoms with Gasteiger partial charge in [0.15, 0.2) is 0 Å². The highest BCUT2D eigenvalue weighted by atomic mass is 15.2. The van der Waals surface area contributed by atoms with E-state index in [1.165, 1.54) is 72.7 Å². The van der Waals surface area contributed by atoms with Crippen molar-refractivity contribution < 1.29 is 0 Å². The molecular weight excluding hydrogens is 833 g/mol. The van der Waals surface area contributed by atoms with E-state index in [0.717, 1.165) is 35.5 Å². The smallest absolute Gasteiger partial charge is 0.0462 e. The van der Waals surface area contributed by atoms with Crippen molar-refractivity contribution in [1.82, 2.24) is 0 Å². The van der Waals surface area contributed by atoms with Crippen LogP contribution in [0.1, 0.15) is 70.2 Å². The zero-order valence-corrected chi connectivity index (χ0v) is 39.8. The quantitative estimate of drug-likeness (QED) is 0.106. The van der Waals surface area contributed by atoms with Gasteiger partial charge in [-0.15, -0.1) is 0 Å². The van der Waals surface area contributed by atoms with Gasteiger partial charge in [0.05, 0.1) is 0 Å². The summed E-state index contributed by atoms with van der Waals surface area (Å²) in [5.74, 6) is 0.531. The lowest BCUT2D eigenvalue weighted by molar-refractivity contribution is 0.627. The maximum absolute atomic E-state index is 2.47. The molecule has 69 heavy (non-hydrogen) atoms. The summed E-state index contributed by atoms with van der Waals surface area (Å²) in [6.07, 6.45) is 18.5. The molecule has 0 fully saturated rings. The summed E-state index contributed by atoms with van der Waals surface area (Å²) in [6, 6.07) is 78.8. The fraction of sp³-hybridized carbons (Fsp3) is 0.104. The van der Waals surface area contributed by atoms with Crippen LogP contribution in [0, 0.1) is 19.8 Å². The van der Waals surface area contributed by atoms with E-state index in [1.54, 1.807) is 0 Å². The van der Waals surface area contributed by atoms with Gasteiger partial charge in [0.25, 0.3) is 0 Å². The third kappa shape index (κ3) is 10.4. The summed E-state index contributed by atoms with van der Waals surface area (Å²) in [5.41, 5.74) is 20.7. The second-order valence-electron chi connectivity index (χ2n) is 18.3. The lowest BCUT2D eigenvalue weighted by Crippen LogP contribution is -2.25. The zero-order valence-electron chi connectivity index (χ0n) is 39.8. The third-order valence-corrected chi connectivity index (χ3v) is 13.4. The van der Waals surface area contributed by atoms with Crippen LogP contribution in [-0.2, 0) is 0 Å². The van der Waals surface area contributed by atoms with Gasteiger partial charge in [0, 0.05) is 40.1 Å². The molecule has 10 rings (SSSR count). The van der Waals surface area contributed by atoms with E-state index in [4.69, 9.17) is 0 Å². The molecule has 0 bridgehead atoms. The Morgan fingerprint density at radius 1 is 0.435 bits per heavy atom. The van der Waals surface area contributed by atoms with Crippen LogP contribution in [0.15, 0.2) is 272 Å². The van der Waals surface area contributed by atoms with Gasteiger partial charge in [0.1, 0.15) is 0 Å². The van der Waals surface area contributed by atoms with Gasteiger partial charge in [0.2, 0.25) is 0 Å². The van der Waals surface area contributed by atoms with E-state index in [2.05, 4.69) is 291 Å². The fourth-order valence-electron chi connectivity index (χ4n) is 9.69. The Morgan fingerprint density at radius 2 is 0.855 bits per heavy atom. The predicted octanol–water partition coefficient (Wildman–Crippen LogP) is 17.8. The molecule has 2 heteroatoms. The van der Waals surface area contributed by atoms with Crippen LogP contribution in [0.25, 0.3) is 17.2 Å². The zero-order chi connectivity index (χ0) is 46.9. The molecule has 2 aliphatic carbocycles. The van der Waals surface area contributed by atoms with Crippen molar-refractivity contribution in [2.45, 2.75) is 39.5 Å². The van der Waals surface area contributed by atoms with Crippen LogP contribution in [0.3, 0.4) is 0 Å². The first kappa shape index (κ1) is 44.6. The second kappa shape index (κ2) is 20.8. The Labute approximate surface area is 409 Å². The summed E-state index contributed by atoms with van der Waals surface area (Å²) < 4.78 is 0. The highest BCUT2D eigenvalue weighted by Gasteiger charge is 2.25. The van der Waals surface area contributed by atoms with Crippen molar-refractivity contribution in [2.24, 2.45) is 5.92 Å². The van der Waals surface area contributed by atoms with Crippen LogP contribution >= 0.6 is 0 Å². The van der Waals surface area contributed by atoms with Crippen molar-refractivity contribution in [2.75, 3.05) is 9.80 Å². The molecule has 8 aromatic carbocycles. The van der Waals surface area contributed by atoms with E-state index in [1.807, 2.05) is 0 Å². The summed E-state index contributed by atoms with van der Waals surface area (Å²) in [4.78, 5) is 4.84. The van der Waals surface area contributed by atoms with Gasteiger partial charge < -0.3 is 9.80 Å². The molecule has 0 saturated heterocycles. The normalized spacial score (nSPS) is 15.3. The van der Waals surface area contributed by atoms with Crippen LogP contribution in [0.5, 0.6) is 0 Å². The van der Waals surface area contributed by atoms with Gasteiger partial charge in [-0.2, -0.15) is 0 Å². The first-order valence-corrected chi connectivity index (χ1v) is 24.3. The molecule has 2 aliphatic rings. The number of aryl methyl sites for hydroxylation is 2. The summed E-state index contributed by atoms with van der Waals surface area (Å²) in [6.45, 7) is 6.66. The van der Waals surface area contributed by atoms with Crippen molar-refractivity contribution >= 4 is 40.0 Å². The summed E-state index contributed by atoms with van der Waals surface area (Å²) in [7, 11) is 0. The number of nitrogens with zero attached hydrogens (tertiary/aromatic N) is 2. The molecule has 2 unspecified atom stereocenters. The lowest BCUT2D eigenvalue weighted by atomic mass is 9.83. The van der Waals surface area contributed by atoms with Crippen LogP contribution in [-0.4, -0.2) is 0 Å². The number of hydrogen-bond acceptors (Lipinski definition) is 2. The van der Waals surface area contributed by atoms with Gasteiger partial charge in [-0.1, -0.05) is 212 Å². The molecule has 0 N–H and O–H groups in total. The minimum Gasteiger partial charge on any atom is -0.315 e. The second-order valence-corrected chi connectivity index (χ2v) is 18.3. The average molecular weight is 891 g/mol. The standard InChI is InChI=1S/C67H58N2/c1-49-24-34-59(35-25-49)68(61-38-28-52(29-39-61)47-66(54-16-8-4-9-17-54)55-18-10-5-11-19-55)63-42-32-58(33-43-63)65-45-44-64(46-51(65)3)69(60-36-26-50(2)27-37-60)62-40-30-53(31-41-62)48-67(56-20-12-6-13-21-56)57-22-14-7-15-23-57/h4-30,32-40,42-48,51,65H,31,41H2,1-3H3. The molecular formula is C67H58N2. The average Bonchev–Trinajstić information content (AvgIpc) is 3.40. The number of benzene rings is 8. The van der Waals surface area contributed by atoms with Crippen molar-refractivity contribution in [3.05, 3.63) is 316 Å². The Morgan fingerprint density at radius 3 is 1.29 bits per heavy atom. The van der Waals surface area contributed by atoms with Gasteiger partial charge in [-0.3, -0.25) is 0 Å². The molecule has 2 atom stereocenters. The Bertz CT molecular complexity index is 3090. The fourth-order valence-corrected chi connectivity index (χ4v) is 9.69. The minimum atomic E-state index is 0.247. The number of rotatable bonds is 13. The Kier molecular flexibility index (Phi) is 13.4. The number of hydrogen-bond donors (Lipinski definition) is 0. The van der Waals surface area contributed by atoms with E-state index in [-0.39, 0.29) is 11.8 Å². The predicted molar refractivity (Wildman–Crippen MR) is 294 cm³/mol. The molecule has 8 aromatic rings. The maximum Gasteiger partial charge on any atom is 0.0462 e. The maximum atomic E-state index is 2.47. The number of allylic oxidation sites excluding steroid dienone is 8. The Balaban J connectivity index is 0.918. The molecule has 0 saturated carbocycles. The third-order valence-electron chi connectivity index (χ3n) is 13.4. The monoisotopic (exact) mass is 890 g/mol. The largest absolute Gasteiger partial charge is 0.315 e. The van der Waals surface area contributed by atoms with Gasteiger partial charge >= 0.3 is 0 Å².